The molecular formula is C11H21Br. The molecule has 72 valence electrons. The van der Waals surface area contributed by atoms with Crippen LogP contribution in [0.5, 0.6) is 0 Å². The molecule has 0 atom stereocenters. The minimum Gasteiger partial charge on any atom is -0.0993 e. The minimum atomic E-state index is 0.924. The molecule has 0 aromatic heterocycles. The van der Waals surface area contributed by atoms with E-state index in [0.717, 1.165) is 11.2 Å². The maximum Gasteiger partial charge on any atom is 0.0236 e. The lowest BCUT2D eigenvalue weighted by atomic mass is 9.91. The van der Waals surface area contributed by atoms with Gasteiger partial charge in [0.05, 0.1) is 0 Å². The van der Waals surface area contributed by atoms with E-state index in [-0.39, 0.29) is 0 Å². The van der Waals surface area contributed by atoms with Gasteiger partial charge in [-0.05, 0) is 12.8 Å². The van der Waals surface area contributed by atoms with Crippen LogP contribution in [0, 0.1) is 5.92 Å². The fourth-order valence-corrected chi connectivity index (χ4v) is 1.31. The number of halogens is 1. The average molecular weight is 233 g/mol. The minimum absolute atomic E-state index is 0.924. The lowest BCUT2D eigenvalue weighted by molar-refractivity contribution is 0.385. The van der Waals surface area contributed by atoms with Crippen molar-refractivity contribution in [3.63, 3.8) is 0 Å². The monoisotopic (exact) mass is 232 g/mol. The Morgan fingerprint density at radius 3 is 1.92 bits per heavy atom. The van der Waals surface area contributed by atoms with E-state index in [4.69, 9.17) is 0 Å². The summed E-state index contributed by atoms with van der Waals surface area (Å²) >= 11 is 3.21. The number of allylic oxidation sites excluding steroid dienone is 1. The van der Waals surface area contributed by atoms with E-state index in [2.05, 4.69) is 29.4 Å². The van der Waals surface area contributed by atoms with E-state index in [1.54, 1.807) is 0 Å². The van der Waals surface area contributed by atoms with Gasteiger partial charge in [-0.3, -0.25) is 0 Å². The summed E-state index contributed by atoms with van der Waals surface area (Å²) in [6.07, 6.45) is 7.44. The van der Waals surface area contributed by atoms with Gasteiger partial charge >= 0.3 is 0 Å². The SMILES string of the molecule is C=C(C)CBr.CC1CCCCC1. The lowest BCUT2D eigenvalue weighted by Gasteiger charge is -2.15. The van der Waals surface area contributed by atoms with Gasteiger partial charge in [-0.15, -0.1) is 0 Å². The molecule has 1 rings (SSSR count). The van der Waals surface area contributed by atoms with E-state index in [1.165, 1.54) is 37.7 Å². The Balaban J connectivity index is 0.000000217. The number of hydrogen-bond acceptors (Lipinski definition) is 0. The highest BCUT2D eigenvalue weighted by molar-refractivity contribution is 9.09. The lowest BCUT2D eigenvalue weighted by Crippen LogP contribution is -1.99. The zero-order valence-electron chi connectivity index (χ0n) is 8.41. The second kappa shape index (κ2) is 7.85. The Hall–Kier alpha value is 0.220. The maximum absolute atomic E-state index is 3.63. The van der Waals surface area contributed by atoms with Gasteiger partial charge in [0.25, 0.3) is 0 Å². The zero-order valence-corrected chi connectivity index (χ0v) is 9.99. The molecule has 0 amide bonds. The summed E-state index contributed by atoms with van der Waals surface area (Å²) in [6.45, 7) is 7.97. The first-order valence-corrected chi connectivity index (χ1v) is 5.99. The molecule has 0 nitrogen and oxygen atoms in total. The Morgan fingerprint density at radius 2 is 1.75 bits per heavy atom. The Bertz CT molecular complexity index is 112. The van der Waals surface area contributed by atoms with Crippen LogP contribution in [-0.2, 0) is 0 Å². The highest BCUT2D eigenvalue weighted by Crippen LogP contribution is 2.22. The van der Waals surface area contributed by atoms with Crippen molar-refractivity contribution in [1.82, 2.24) is 0 Å². The van der Waals surface area contributed by atoms with E-state index in [9.17, 15) is 0 Å². The summed E-state index contributed by atoms with van der Waals surface area (Å²) in [5.74, 6) is 1.04. The molecule has 1 aliphatic rings. The molecule has 0 radical (unpaired) electrons. The molecule has 0 heterocycles. The molecule has 0 aliphatic heterocycles. The molecule has 0 saturated heterocycles. The van der Waals surface area contributed by atoms with Gasteiger partial charge in [-0.25, -0.2) is 0 Å². The second-order valence-corrected chi connectivity index (χ2v) is 4.39. The van der Waals surface area contributed by atoms with E-state index < -0.39 is 0 Å². The van der Waals surface area contributed by atoms with Gasteiger partial charge in [0.15, 0.2) is 0 Å². The summed E-state index contributed by atoms with van der Waals surface area (Å²) in [5, 5.41) is 0.924. The van der Waals surface area contributed by atoms with E-state index in [1.807, 2.05) is 6.92 Å². The molecule has 0 spiro atoms. The van der Waals surface area contributed by atoms with Crippen LogP contribution < -0.4 is 0 Å². The van der Waals surface area contributed by atoms with Crippen LogP contribution in [-0.4, -0.2) is 5.33 Å². The van der Waals surface area contributed by atoms with Crippen molar-refractivity contribution in [2.45, 2.75) is 46.0 Å². The first kappa shape index (κ1) is 12.2. The normalized spacial score (nSPS) is 17.9. The summed E-state index contributed by atoms with van der Waals surface area (Å²) in [5.41, 5.74) is 1.17. The Morgan fingerprint density at radius 1 is 1.33 bits per heavy atom. The van der Waals surface area contributed by atoms with Crippen molar-refractivity contribution in [3.05, 3.63) is 12.2 Å². The van der Waals surface area contributed by atoms with Crippen LogP contribution >= 0.6 is 15.9 Å². The van der Waals surface area contributed by atoms with Crippen molar-refractivity contribution in [1.29, 1.82) is 0 Å². The van der Waals surface area contributed by atoms with Crippen molar-refractivity contribution in [3.8, 4) is 0 Å². The topological polar surface area (TPSA) is 0 Å². The van der Waals surface area contributed by atoms with Crippen LogP contribution in [0.2, 0.25) is 0 Å². The molecule has 0 aromatic carbocycles. The molecule has 1 heteroatoms. The smallest absolute Gasteiger partial charge is 0.0236 e. The third-order valence-corrected chi connectivity index (χ3v) is 3.08. The summed E-state index contributed by atoms with van der Waals surface area (Å²) in [6, 6.07) is 0. The van der Waals surface area contributed by atoms with Crippen molar-refractivity contribution in [2.24, 2.45) is 5.92 Å². The van der Waals surface area contributed by atoms with Gasteiger partial charge < -0.3 is 0 Å². The zero-order chi connectivity index (χ0) is 9.40. The van der Waals surface area contributed by atoms with Crippen LogP contribution in [0.1, 0.15) is 46.0 Å². The Kier molecular flexibility index (Phi) is 7.99. The number of rotatable bonds is 1. The third kappa shape index (κ3) is 8.32. The molecular weight excluding hydrogens is 212 g/mol. The number of hydrogen-bond donors (Lipinski definition) is 0. The largest absolute Gasteiger partial charge is 0.0993 e. The summed E-state index contributed by atoms with van der Waals surface area (Å²) < 4.78 is 0. The van der Waals surface area contributed by atoms with Crippen LogP contribution in [0.3, 0.4) is 0 Å². The van der Waals surface area contributed by atoms with Gasteiger partial charge in [-0.1, -0.05) is 67.1 Å². The first-order chi connectivity index (χ1) is 5.66. The fourth-order valence-electron chi connectivity index (χ4n) is 1.31. The Labute approximate surface area is 85.6 Å². The predicted molar refractivity (Wildman–Crippen MR) is 60.9 cm³/mol. The van der Waals surface area contributed by atoms with Crippen molar-refractivity contribution >= 4 is 15.9 Å². The maximum atomic E-state index is 3.63. The summed E-state index contributed by atoms with van der Waals surface area (Å²) in [4.78, 5) is 0. The fraction of sp³-hybridized carbons (Fsp3) is 0.818. The molecule has 12 heavy (non-hydrogen) atoms. The molecule has 1 fully saturated rings. The number of alkyl halides is 1. The van der Waals surface area contributed by atoms with Gasteiger partial charge in [-0.2, -0.15) is 0 Å². The molecule has 0 N–H and O–H groups in total. The van der Waals surface area contributed by atoms with E-state index in [0.29, 0.717) is 0 Å². The molecule has 0 bridgehead atoms. The first-order valence-electron chi connectivity index (χ1n) is 4.87. The van der Waals surface area contributed by atoms with Gasteiger partial charge in [0.1, 0.15) is 0 Å². The van der Waals surface area contributed by atoms with Crippen molar-refractivity contribution < 1.29 is 0 Å². The summed E-state index contributed by atoms with van der Waals surface area (Å²) in [7, 11) is 0. The third-order valence-electron chi connectivity index (χ3n) is 2.12. The average Bonchev–Trinajstić information content (AvgIpc) is 2.07. The van der Waals surface area contributed by atoms with Crippen molar-refractivity contribution in [2.75, 3.05) is 5.33 Å². The highest BCUT2D eigenvalue weighted by Gasteiger charge is 2.05. The second-order valence-electron chi connectivity index (χ2n) is 3.83. The van der Waals surface area contributed by atoms with Crippen LogP contribution in [0.4, 0.5) is 0 Å². The molecule has 0 aromatic rings. The predicted octanol–water partition coefficient (Wildman–Crippen LogP) is 4.54. The molecule has 0 unspecified atom stereocenters. The quantitative estimate of drug-likeness (QED) is 0.460. The molecule has 1 aliphatic carbocycles. The van der Waals surface area contributed by atoms with Crippen LogP contribution in [0.15, 0.2) is 12.2 Å². The van der Waals surface area contributed by atoms with Crippen LogP contribution in [0.25, 0.3) is 0 Å². The standard InChI is InChI=1S/C7H14.C4H7Br/c1-7-5-3-2-4-6-7;1-4(2)3-5/h7H,2-6H2,1H3;1,3H2,2H3. The van der Waals surface area contributed by atoms with E-state index >= 15 is 0 Å². The molecule has 1 saturated carbocycles. The van der Waals surface area contributed by atoms with Gasteiger partial charge in [0, 0.05) is 5.33 Å². The van der Waals surface area contributed by atoms with Gasteiger partial charge in [0.2, 0.25) is 0 Å². The highest BCUT2D eigenvalue weighted by atomic mass is 79.9.